The molecule has 2 aromatic carbocycles. The first kappa shape index (κ1) is 17.5. The molecule has 3 rings (SSSR count). The molecule has 0 bridgehead atoms. The van der Waals surface area contributed by atoms with Crippen molar-refractivity contribution in [2.75, 3.05) is 36.4 Å². The highest BCUT2D eigenvalue weighted by atomic mass is 16.2. The Bertz CT molecular complexity index is 726. The summed E-state index contributed by atoms with van der Waals surface area (Å²) in [5.74, 6) is 0.0570. The topological polar surface area (TPSA) is 35.6 Å². The average Bonchev–Trinajstić information content (AvgIpc) is 2.56. The van der Waals surface area contributed by atoms with Crippen molar-refractivity contribution in [3.63, 3.8) is 0 Å². The van der Waals surface area contributed by atoms with Crippen LogP contribution >= 0.6 is 0 Å². The summed E-state index contributed by atoms with van der Waals surface area (Å²) >= 11 is 0. The lowest BCUT2D eigenvalue weighted by Gasteiger charge is -2.41. The molecule has 25 heavy (non-hydrogen) atoms. The number of piperazine rings is 1. The van der Waals surface area contributed by atoms with E-state index in [1.165, 1.54) is 11.3 Å². The molecule has 2 aromatic rings. The summed E-state index contributed by atoms with van der Waals surface area (Å²) in [7, 11) is 0. The summed E-state index contributed by atoms with van der Waals surface area (Å²) in [5, 5.41) is 3.00. The third-order valence-corrected chi connectivity index (χ3v) is 4.75. The van der Waals surface area contributed by atoms with E-state index in [-0.39, 0.29) is 5.91 Å². The van der Waals surface area contributed by atoms with Gasteiger partial charge in [0.15, 0.2) is 0 Å². The van der Waals surface area contributed by atoms with Crippen molar-refractivity contribution < 1.29 is 4.79 Å². The molecule has 1 aliphatic heterocycles. The first-order valence-corrected chi connectivity index (χ1v) is 8.93. The molecule has 0 aromatic heterocycles. The van der Waals surface area contributed by atoms with Crippen molar-refractivity contribution in [3.8, 4) is 0 Å². The van der Waals surface area contributed by atoms with Crippen LogP contribution in [-0.2, 0) is 4.79 Å². The molecule has 1 fully saturated rings. The predicted octanol–water partition coefficient (Wildman–Crippen LogP) is 3.45. The van der Waals surface area contributed by atoms with Gasteiger partial charge in [0.05, 0.1) is 6.54 Å². The van der Waals surface area contributed by atoms with E-state index in [0.717, 1.165) is 30.9 Å². The van der Waals surface area contributed by atoms with E-state index in [9.17, 15) is 4.79 Å². The van der Waals surface area contributed by atoms with Gasteiger partial charge >= 0.3 is 0 Å². The molecule has 4 nitrogen and oxygen atoms in total. The van der Waals surface area contributed by atoms with Gasteiger partial charge < -0.3 is 10.2 Å². The van der Waals surface area contributed by atoms with Crippen LogP contribution in [0.15, 0.2) is 48.5 Å². The third kappa shape index (κ3) is 4.60. The first-order valence-electron chi connectivity index (χ1n) is 8.93. The minimum absolute atomic E-state index is 0.0570. The Morgan fingerprint density at radius 3 is 2.52 bits per heavy atom. The molecule has 1 aliphatic rings. The Balaban J connectivity index is 1.54. The van der Waals surface area contributed by atoms with Crippen LogP contribution in [0.2, 0.25) is 0 Å². The summed E-state index contributed by atoms with van der Waals surface area (Å²) in [6, 6.07) is 17.0. The molecule has 132 valence electrons. The smallest absolute Gasteiger partial charge is 0.238 e. The van der Waals surface area contributed by atoms with E-state index >= 15 is 0 Å². The summed E-state index contributed by atoms with van der Waals surface area (Å²) < 4.78 is 0. The van der Waals surface area contributed by atoms with Crippen LogP contribution in [0.3, 0.4) is 0 Å². The molecule has 0 aliphatic carbocycles. The average molecular weight is 337 g/mol. The summed E-state index contributed by atoms with van der Waals surface area (Å²) in [5.41, 5.74) is 4.57. The molecule has 1 N–H and O–H groups in total. The Labute approximate surface area is 150 Å². The number of amides is 1. The van der Waals surface area contributed by atoms with Crippen molar-refractivity contribution in [1.29, 1.82) is 0 Å². The maximum atomic E-state index is 12.3. The molecular weight excluding hydrogens is 310 g/mol. The molecule has 1 unspecified atom stereocenters. The van der Waals surface area contributed by atoms with Gasteiger partial charge in [-0.2, -0.15) is 0 Å². The number of aryl methyl sites for hydroxylation is 2. The van der Waals surface area contributed by atoms with E-state index in [0.29, 0.717) is 12.6 Å². The fourth-order valence-corrected chi connectivity index (χ4v) is 3.42. The van der Waals surface area contributed by atoms with Crippen LogP contribution in [0.25, 0.3) is 0 Å². The molecule has 1 amide bonds. The number of rotatable bonds is 4. The molecule has 4 heteroatoms. The van der Waals surface area contributed by atoms with Crippen LogP contribution in [-0.4, -0.2) is 43.0 Å². The SMILES string of the molecule is Cc1ccc(N2CCN(CC(=O)Nc3cccc(C)c3)CC2C)cc1. The maximum absolute atomic E-state index is 12.3. The second-order valence-corrected chi connectivity index (χ2v) is 7.03. The monoisotopic (exact) mass is 337 g/mol. The fourth-order valence-electron chi connectivity index (χ4n) is 3.42. The van der Waals surface area contributed by atoms with Gasteiger partial charge in [0, 0.05) is 37.1 Å². The highest BCUT2D eigenvalue weighted by Crippen LogP contribution is 2.21. The number of nitrogens with one attached hydrogen (secondary N) is 1. The van der Waals surface area contributed by atoms with Crippen LogP contribution in [0.1, 0.15) is 18.1 Å². The number of carbonyl (C=O) groups is 1. The number of hydrogen-bond donors (Lipinski definition) is 1. The van der Waals surface area contributed by atoms with Gasteiger partial charge in [-0.15, -0.1) is 0 Å². The maximum Gasteiger partial charge on any atom is 0.238 e. The Morgan fingerprint density at radius 2 is 1.84 bits per heavy atom. The van der Waals surface area contributed by atoms with Gasteiger partial charge in [-0.1, -0.05) is 29.8 Å². The largest absolute Gasteiger partial charge is 0.366 e. The number of benzene rings is 2. The zero-order chi connectivity index (χ0) is 17.8. The Hall–Kier alpha value is -2.33. The van der Waals surface area contributed by atoms with E-state index in [1.807, 2.05) is 31.2 Å². The van der Waals surface area contributed by atoms with Gasteiger partial charge in [0.2, 0.25) is 5.91 Å². The molecule has 0 spiro atoms. The molecule has 1 atom stereocenters. The zero-order valence-corrected chi connectivity index (χ0v) is 15.3. The summed E-state index contributed by atoms with van der Waals surface area (Å²) in [6.45, 7) is 9.56. The molecule has 0 radical (unpaired) electrons. The van der Waals surface area contributed by atoms with E-state index in [1.54, 1.807) is 0 Å². The third-order valence-electron chi connectivity index (χ3n) is 4.75. The van der Waals surface area contributed by atoms with Gasteiger partial charge in [0.25, 0.3) is 0 Å². The standard InChI is InChI=1S/C21H27N3O/c1-16-7-9-20(10-8-16)24-12-11-23(14-18(24)3)15-21(25)22-19-6-4-5-17(2)13-19/h4-10,13,18H,11-12,14-15H2,1-3H3,(H,22,25). The van der Waals surface area contributed by atoms with E-state index in [4.69, 9.17) is 0 Å². The predicted molar refractivity (Wildman–Crippen MR) is 104 cm³/mol. The first-order chi connectivity index (χ1) is 12.0. The van der Waals surface area contributed by atoms with Crippen LogP contribution < -0.4 is 10.2 Å². The van der Waals surface area contributed by atoms with Crippen molar-refractivity contribution in [3.05, 3.63) is 59.7 Å². The lowest BCUT2D eigenvalue weighted by Crippen LogP contribution is -2.53. The Kier molecular flexibility index (Phi) is 5.39. The fraction of sp³-hybridized carbons (Fsp3) is 0.381. The van der Waals surface area contributed by atoms with E-state index < -0.39 is 0 Å². The number of hydrogen-bond acceptors (Lipinski definition) is 3. The van der Waals surface area contributed by atoms with Gasteiger partial charge in [0.1, 0.15) is 0 Å². The van der Waals surface area contributed by atoms with Crippen LogP contribution in [0.5, 0.6) is 0 Å². The molecule has 1 heterocycles. The van der Waals surface area contributed by atoms with Crippen LogP contribution in [0.4, 0.5) is 11.4 Å². The zero-order valence-electron chi connectivity index (χ0n) is 15.3. The minimum Gasteiger partial charge on any atom is -0.366 e. The van der Waals surface area contributed by atoms with Gasteiger partial charge in [-0.25, -0.2) is 0 Å². The number of nitrogens with zero attached hydrogens (tertiary/aromatic N) is 2. The summed E-state index contributed by atoms with van der Waals surface area (Å²) in [6.07, 6.45) is 0. The number of anilines is 2. The van der Waals surface area contributed by atoms with Crippen molar-refractivity contribution >= 4 is 17.3 Å². The molecule has 0 saturated carbocycles. The van der Waals surface area contributed by atoms with Crippen molar-refractivity contribution in [2.45, 2.75) is 26.8 Å². The highest BCUT2D eigenvalue weighted by Gasteiger charge is 2.25. The molecule has 1 saturated heterocycles. The van der Waals surface area contributed by atoms with Gasteiger partial charge in [-0.05, 0) is 50.6 Å². The lowest BCUT2D eigenvalue weighted by molar-refractivity contribution is -0.117. The normalized spacial score (nSPS) is 18.2. The second-order valence-electron chi connectivity index (χ2n) is 7.03. The quantitative estimate of drug-likeness (QED) is 0.928. The van der Waals surface area contributed by atoms with Crippen molar-refractivity contribution in [1.82, 2.24) is 4.90 Å². The second kappa shape index (κ2) is 7.70. The summed E-state index contributed by atoms with van der Waals surface area (Å²) in [4.78, 5) is 17.0. The van der Waals surface area contributed by atoms with Crippen LogP contribution in [0, 0.1) is 13.8 Å². The Morgan fingerprint density at radius 1 is 1.08 bits per heavy atom. The number of carbonyl (C=O) groups excluding carboxylic acids is 1. The minimum atomic E-state index is 0.0570. The molecular formula is C21H27N3O. The highest BCUT2D eigenvalue weighted by molar-refractivity contribution is 5.92. The van der Waals surface area contributed by atoms with Gasteiger partial charge in [-0.3, -0.25) is 9.69 Å². The lowest BCUT2D eigenvalue weighted by atomic mass is 10.1. The van der Waals surface area contributed by atoms with E-state index in [2.05, 4.69) is 53.2 Å². The van der Waals surface area contributed by atoms with Crippen molar-refractivity contribution in [2.24, 2.45) is 0 Å².